The summed E-state index contributed by atoms with van der Waals surface area (Å²) in [4.78, 5) is 8.63. The Bertz CT molecular complexity index is 1010. The van der Waals surface area contributed by atoms with Crippen molar-refractivity contribution in [2.24, 2.45) is 0 Å². The van der Waals surface area contributed by atoms with Gasteiger partial charge in [-0.05, 0) is 25.0 Å². The molecular formula is C16H17N5O2S. The molecule has 0 bridgehead atoms. The van der Waals surface area contributed by atoms with Gasteiger partial charge in [-0.15, -0.1) is 0 Å². The SMILES string of the molecule is Cc1ccccc1-n1ncc2c(N[C@H]3CCS(=O)(=O)C3)ncnc21. The van der Waals surface area contributed by atoms with Crippen LogP contribution in [-0.4, -0.2) is 45.7 Å². The smallest absolute Gasteiger partial charge is 0.168 e. The van der Waals surface area contributed by atoms with E-state index in [1.807, 2.05) is 31.2 Å². The Morgan fingerprint density at radius 1 is 1.25 bits per heavy atom. The van der Waals surface area contributed by atoms with Gasteiger partial charge >= 0.3 is 0 Å². The molecule has 3 aromatic rings. The average Bonchev–Trinajstić information content (AvgIpc) is 3.12. The second-order valence-corrected chi connectivity index (χ2v) is 8.28. The monoisotopic (exact) mass is 343 g/mol. The van der Waals surface area contributed by atoms with E-state index in [0.29, 0.717) is 17.9 Å². The molecule has 3 heterocycles. The van der Waals surface area contributed by atoms with Gasteiger partial charge in [-0.25, -0.2) is 23.1 Å². The van der Waals surface area contributed by atoms with E-state index in [0.717, 1.165) is 16.6 Å². The summed E-state index contributed by atoms with van der Waals surface area (Å²) in [6.07, 6.45) is 3.79. The van der Waals surface area contributed by atoms with Gasteiger partial charge in [0, 0.05) is 6.04 Å². The van der Waals surface area contributed by atoms with E-state index in [-0.39, 0.29) is 17.5 Å². The van der Waals surface area contributed by atoms with Crippen LogP contribution >= 0.6 is 0 Å². The highest BCUT2D eigenvalue weighted by Crippen LogP contribution is 2.25. The molecule has 4 rings (SSSR count). The van der Waals surface area contributed by atoms with Gasteiger partial charge in [0.25, 0.3) is 0 Å². The number of anilines is 1. The molecule has 0 amide bonds. The van der Waals surface area contributed by atoms with Crippen LogP contribution in [0.15, 0.2) is 36.8 Å². The number of rotatable bonds is 3. The van der Waals surface area contributed by atoms with Gasteiger partial charge in [-0.3, -0.25) is 0 Å². The maximum atomic E-state index is 11.6. The normalized spacial score (nSPS) is 19.6. The van der Waals surface area contributed by atoms with Crippen molar-refractivity contribution < 1.29 is 8.42 Å². The average molecular weight is 343 g/mol. The summed E-state index contributed by atoms with van der Waals surface area (Å²) in [5.74, 6) is 0.994. The van der Waals surface area contributed by atoms with Crippen LogP contribution in [0.3, 0.4) is 0 Å². The van der Waals surface area contributed by atoms with Crippen molar-refractivity contribution in [1.82, 2.24) is 19.7 Å². The Hall–Kier alpha value is -2.48. The summed E-state index contributed by atoms with van der Waals surface area (Å²) in [6.45, 7) is 2.02. The van der Waals surface area contributed by atoms with Crippen molar-refractivity contribution >= 4 is 26.7 Å². The lowest BCUT2D eigenvalue weighted by molar-refractivity contribution is 0.602. The first-order chi connectivity index (χ1) is 11.5. The van der Waals surface area contributed by atoms with Crippen LogP contribution in [-0.2, 0) is 9.84 Å². The number of fused-ring (bicyclic) bond motifs is 1. The van der Waals surface area contributed by atoms with Gasteiger partial charge < -0.3 is 5.32 Å². The van der Waals surface area contributed by atoms with Crippen LogP contribution < -0.4 is 5.32 Å². The number of hydrogen-bond acceptors (Lipinski definition) is 6. The zero-order valence-electron chi connectivity index (χ0n) is 13.2. The molecule has 2 aromatic heterocycles. The first kappa shape index (κ1) is 15.1. The number of benzene rings is 1. The first-order valence-electron chi connectivity index (χ1n) is 7.75. The van der Waals surface area contributed by atoms with Gasteiger partial charge in [-0.2, -0.15) is 5.10 Å². The molecule has 0 aliphatic carbocycles. The molecule has 0 spiro atoms. The van der Waals surface area contributed by atoms with E-state index >= 15 is 0 Å². The quantitative estimate of drug-likeness (QED) is 0.779. The Labute approximate surface area is 139 Å². The van der Waals surface area contributed by atoms with E-state index in [2.05, 4.69) is 20.4 Å². The van der Waals surface area contributed by atoms with Crippen LogP contribution in [0.2, 0.25) is 0 Å². The molecule has 24 heavy (non-hydrogen) atoms. The molecule has 124 valence electrons. The maximum absolute atomic E-state index is 11.6. The predicted molar refractivity (Wildman–Crippen MR) is 92.1 cm³/mol. The van der Waals surface area contributed by atoms with Crippen molar-refractivity contribution in [3.05, 3.63) is 42.4 Å². The summed E-state index contributed by atoms with van der Waals surface area (Å²) >= 11 is 0. The standard InChI is InChI=1S/C16H17N5O2S/c1-11-4-2-3-5-14(11)21-16-13(8-19-21)15(17-10-18-16)20-12-6-7-24(22,23)9-12/h2-5,8,10,12H,6-7,9H2,1H3,(H,17,18,20)/t12-/m0/s1. The van der Waals surface area contributed by atoms with Crippen molar-refractivity contribution in [3.63, 3.8) is 0 Å². The fraction of sp³-hybridized carbons (Fsp3) is 0.312. The lowest BCUT2D eigenvalue weighted by Gasteiger charge is -2.12. The first-order valence-corrected chi connectivity index (χ1v) is 9.57. The van der Waals surface area contributed by atoms with E-state index < -0.39 is 9.84 Å². The fourth-order valence-corrected chi connectivity index (χ4v) is 4.71. The summed E-state index contributed by atoms with van der Waals surface area (Å²) < 4.78 is 25.0. The largest absolute Gasteiger partial charge is 0.366 e. The number of hydrogen-bond donors (Lipinski definition) is 1. The zero-order chi connectivity index (χ0) is 16.7. The van der Waals surface area contributed by atoms with Crippen molar-refractivity contribution in [3.8, 4) is 5.69 Å². The summed E-state index contributed by atoms with van der Waals surface area (Å²) in [6, 6.07) is 7.83. The van der Waals surface area contributed by atoms with Crippen LogP contribution in [0.1, 0.15) is 12.0 Å². The van der Waals surface area contributed by atoms with Gasteiger partial charge in [-0.1, -0.05) is 18.2 Å². The minimum Gasteiger partial charge on any atom is -0.366 e. The molecule has 0 saturated carbocycles. The summed E-state index contributed by atoms with van der Waals surface area (Å²) in [5.41, 5.74) is 2.75. The van der Waals surface area contributed by atoms with Crippen LogP contribution in [0.5, 0.6) is 0 Å². The van der Waals surface area contributed by atoms with Gasteiger partial charge in [0.15, 0.2) is 15.5 Å². The third kappa shape index (κ3) is 2.62. The minimum absolute atomic E-state index is 0.116. The highest BCUT2D eigenvalue weighted by atomic mass is 32.2. The highest BCUT2D eigenvalue weighted by molar-refractivity contribution is 7.91. The maximum Gasteiger partial charge on any atom is 0.168 e. The molecule has 1 fully saturated rings. The molecule has 1 N–H and O–H groups in total. The van der Waals surface area contributed by atoms with E-state index in [9.17, 15) is 8.42 Å². The zero-order valence-corrected chi connectivity index (χ0v) is 14.0. The fourth-order valence-electron chi connectivity index (χ4n) is 3.04. The van der Waals surface area contributed by atoms with Gasteiger partial charge in [0.1, 0.15) is 12.1 Å². The summed E-state index contributed by atoms with van der Waals surface area (Å²) in [5, 5.41) is 8.46. The topological polar surface area (TPSA) is 89.8 Å². The molecule has 1 saturated heterocycles. The van der Waals surface area contributed by atoms with Crippen molar-refractivity contribution in [2.75, 3.05) is 16.8 Å². The molecule has 8 heteroatoms. The Kier molecular flexibility index (Phi) is 3.49. The third-order valence-electron chi connectivity index (χ3n) is 4.28. The van der Waals surface area contributed by atoms with E-state index in [1.54, 1.807) is 10.9 Å². The Morgan fingerprint density at radius 2 is 2.08 bits per heavy atom. The van der Waals surface area contributed by atoms with Crippen molar-refractivity contribution in [1.29, 1.82) is 0 Å². The van der Waals surface area contributed by atoms with E-state index in [4.69, 9.17) is 0 Å². The number of para-hydroxylation sites is 1. The molecule has 7 nitrogen and oxygen atoms in total. The Balaban J connectivity index is 1.73. The molecule has 0 unspecified atom stereocenters. The van der Waals surface area contributed by atoms with Crippen LogP contribution in [0.25, 0.3) is 16.7 Å². The molecule has 1 aromatic carbocycles. The number of sulfone groups is 1. The second kappa shape index (κ2) is 5.55. The minimum atomic E-state index is -2.94. The number of nitrogens with one attached hydrogen (secondary N) is 1. The van der Waals surface area contributed by atoms with Crippen LogP contribution in [0, 0.1) is 6.92 Å². The molecular weight excluding hydrogens is 326 g/mol. The lowest BCUT2D eigenvalue weighted by Crippen LogP contribution is -2.21. The van der Waals surface area contributed by atoms with Gasteiger partial charge in [0.2, 0.25) is 0 Å². The van der Waals surface area contributed by atoms with E-state index in [1.165, 1.54) is 6.33 Å². The second-order valence-electron chi connectivity index (χ2n) is 6.05. The lowest BCUT2D eigenvalue weighted by atomic mass is 10.2. The van der Waals surface area contributed by atoms with Crippen LogP contribution in [0.4, 0.5) is 5.82 Å². The molecule has 1 aliphatic rings. The predicted octanol–water partition coefficient (Wildman–Crippen LogP) is 1.72. The van der Waals surface area contributed by atoms with Crippen molar-refractivity contribution in [2.45, 2.75) is 19.4 Å². The number of aryl methyl sites for hydroxylation is 1. The molecule has 1 atom stereocenters. The van der Waals surface area contributed by atoms with Gasteiger partial charge in [0.05, 0.1) is 28.8 Å². The Morgan fingerprint density at radius 3 is 2.83 bits per heavy atom. The number of aromatic nitrogens is 4. The molecule has 1 aliphatic heterocycles. The molecule has 0 radical (unpaired) electrons. The summed E-state index contributed by atoms with van der Waals surface area (Å²) in [7, 11) is -2.94. The number of nitrogens with zero attached hydrogens (tertiary/aromatic N) is 4. The highest BCUT2D eigenvalue weighted by Gasteiger charge is 2.28. The third-order valence-corrected chi connectivity index (χ3v) is 6.05.